The molecule has 0 bridgehead atoms. The van der Waals surface area contributed by atoms with E-state index in [-0.39, 0.29) is 18.4 Å². The molecular weight excluding hydrogens is 310 g/mol. The molecule has 8 nitrogen and oxygen atoms in total. The Kier molecular flexibility index (Phi) is 4.13. The molecule has 0 radical (unpaired) electrons. The SMILES string of the molecule is Cc1cc(C)n([C@H]2CCN(C(=O)Cc3c(C)[nH]c(=O)[nH]c3=O)C2)n1. The van der Waals surface area contributed by atoms with Crippen LogP contribution in [0.5, 0.6) is 0 Å². The molecular formula is C16H21N5O3. The number of nitrogens with one attached hydrogen (secondary N) is 2. The van der Waals surface area contributed by atoms with Crippen LogP contribution in [0.4, 0.5) is 0 Å². The first-order chi connectivity index (χ1) is 11.3. The lowest BCUT2D eigenvalue weighted by Crippen LogP contribution is -2.34. The van der Waals surface area contributed by atoms with Gasteiger partial charge in [0.05, 0.1) is 18.2 Å². The van der Waals surface area contributed by atoms with Crippen LogP contribution in [0, 0.1) is 20.8 Å². The Morgan fingerprint density at radius 1 is 1.29 bits per heavy atom. The van der Waals surface area contributed by atoms with Gasteiger partial charge in [0.2, 0.25) is 5.91 Å². The molecule has 8 heteroatoms. The number of aromatic amines is 2. The Hall–Kier alpha value is -2.64. The van der Waals surface area contributed by atoms with Gasteiger partial charge in [0.1, 0.15) is 0 Å². The topological polar surface area (TPSA) is 104 Å². The third-order valence-electron chi connectivity index (χ3n) is 4.49. The van der Waals surface area contributed by atoms with Crippen LogP contribution in [0.3, 0.4) is 0 Å². The number of aryl methyl sites for hydroxylation is 3. The lowest BCUT2D eigenvalue weighted by Gasteiger charge is -2.17. The first-order valence-corrected chi connectivity index (χ1v) is 7.97. The van der Waals surface area contributed by atoms with Gasteiger partial charge in [-0.1, -0.05) is 0 Å². The minimum atomic E-state index is -0.556. The van der Waals surface area contributed by atoms with Gasteiger partial charge in [-0.05, 0) is 33.3 Å². The fourth-order valence-electron chi connectivity index (χ4n) is 3.29. The third-order valence-corrected chi connectivity index (χ3v) is 4.49. The number of hydrogen-bond acceptors (Lipinski definition) is 4. The molecule has 1 aliphatic rings. The fraction of sp³-hybridized carbons (Fsp3) is 0.500. The lowest BCUT2D eigenvalue weighted by atomic mass is 10.1. The van der Waals surface area contributed by atoms with Crippen molar-refractivity contribution < 1.29 is 4.79 Å². The predicted molar refractivity (Wildman–Crippen MR) is 88.1 cm³/mol. The number of H-pyrrole nitrogens is 2. The highest BCUT2D eigenvalue weighted by molar-refractivity contribution is 5.79. The van der Waals surface area contributed by atoms with E-state index in [1.807, 2.05) is 24.6 Å². The van der Waals surface area contributed by atoms with Crippen molar-refractivity contribution in [3.63, 3.8) is 0 Å². The number of carbonyl (C=O) groups is 1. The average Bonchev–Trinajstić information content (AvgIpc) is 3.09. The van der Waals surface area contributed by atoms with E-state index in [0.29, 0.717) is 24.3 Å². The van der Waals surface area contributed by atoms with E-state index in [0.717, 1.165) is 17.8 Å². The van der Waals surface area contributed by atoms with Crippen molar-refractivity contribution in [1.82, 2.24) is 24.6 Å². The molecule has 0 saturated carbocycles. The predicted octanol–water partition coefficient (Wildman–Crippen LogP) is 0.201. The van der Waals surface area contributed by atoms with E-state index in [1.54, 1.807) is 11.8 Å². The highest BCUT2D eigenvalue weighted by atomic mass is 16.2. The van der Waals surface area contributed by atoms with Crippen LogP contribution in [0.2, 0.25) is 0 Å². The fourth-order valence-corrected chi connectivity index (χ4v) is 3.29. The number of nitrogens with zero attached hydrogens (tertiary/aromatic N) is 3. The highest BCUT2D eigenvalue weighted by Crippen LogP contribution is 2.23. The molecule has 0 unspecified atom stereocenters. The number of hydrogen-bond donors (Lipinski definition) is 2. The van der Waals surface area contributed by atoms with Gasteiger partial charge in [0, 0.05) is 30.0 Å². The molecule has 3 heterocycles. The van der Waals surface area contributed by atoms with E-state index in [1.165, 1.54) is 0 Å². The molecule has 128 valence electrons. The number of carbonyl (C=O) groups excluding carboxylic acids is 1. The first kappa shape index (κ1) is 16.2. The zero-order valence-electron chi connectivity index (χ0n) is 14.0. The Labute approximate surface area is 138 Å². The number of rotatable bonds is 3. The molecule has 1 fully saturated rings. The molecule has 1 saturated heterocycles. The summed E-state index contributed by atoms with van der Waals surface area (Å²) >= 11 is 0. The van der Waals surface area contributed by atoms with E-state index < -0.39 is 11.2 Å². The first-order valence-electron chi connectivity index (χ1n) is 7.97. The maximum atomic E-state index is 12.5. The quantitative estimate of drug-likeness (QED) is 0.838. The summed E-state index contributed by atoms with van der Waals surface area (Å²) in [5.74, 6) is -0.111. The van der Waals surface area contributed by atoms with Crippen molar-refractivity contribution in [2.75, 3.05) is 13.1 Å². The summed E-state index contributed by atoms with van der Waals surface area (Å²) in [5.41, 5.74) is 1.74. The van der Waals surface area contributed by atoms with Crippen molar-refractivity contribution >= 4 is 5.91 Å². The molecule has 2 aromatic heterocycles. The van der Waals surface area contributed by atoms with Gasteiger partial charge in [-0.3, -0.25) is 19.3 Å². The van der Waals surface area contributed by atoms with Gasteiger partial charge in [-0.25, -0.2) is 4.79 Å². The minimum absolute atomic E-state index is 0.0121. The number of likely N-dealkylation sites (tertiary alicyclic amines) is 1. The molecule has 1 amide bonds. The molecule has 0 aromatic carbocycles. The smallest absolute Gasteiger partial charge is 0.325 e. The number of aromatic nitrogens is 4. The zero-order valence-corrected chi connectivity index (χ0v) is 14.0. The summed E-state index contributed by atoms with van der Waals surface area (Å²) in [7, 11) is 0. The Bertz CT molecular complexity index is 892. The van der Waals surface area contributed by atoms with Crippen LogP contribution in [0.1, 0.15) is 35.1 Å². The van der Waals surface area contributed by atoms with Crippen molar-refractivity contribution in [3.8, 4) is 0 Å². The second-order valence-corrected chi connectivity index (χ2v) is 6.34. The molecule has 0 spiro atoms. The molecule has 0 aliphatic carbocycles. The minimum Gasteiger partial charge on any atom is -0.340 e. The Morgan fingerprint density at radius 2 is 2.04 bits per heavy atom. The van der Waals surface area contributed by atoms with Gasteiger partial charge in [0.15, 0.2) is 0 Å². The van der Waals surface area contributed by atoms with Gasteiger partial charge in [0.25, 0.3) is 5.56 Å². The summed E-state index contributed by atoms with van der Waals surface area (Å²) in [6, 6.07) is 2.19. The largest absolute Gasteiger partial charge is 0.340 e. The van der Waals surface area contributed by atoms with Crippen LogP contribution in [-0.4, -0.2) is 43.6 Å². The van der Waals surface area contributed by atoms with Gasteiger partial charge < -0.3 is 9.88 Å². The standard InChI is InChI=1S/C16H21N5O3/c1-9-6-10(2)21(19-9)12-4-5-20(8-12)14(22)7-13-11(3)17-16(24)18-15(13)23/h6,12H,4-5,7-8H2,1-3H3,(H2,17,18,23,24)/t12-/m0/s1. The van der Waals surface area contributed by atoms with E-state index >= 15 is 0 Å². The van der Waals surface area contributed by atoms with Crippen LogP contribution < -0.4 is 11.2 Å². The van der Waals surface area contributed by atoms with E-state index in [2.05, 4.69) is 15.1 Å². The Balaban J connectivity index is 1.73. The highest BCUT2D eigenvalue weighted by Gasteiger charge is 2.29. The molecule has 1 atom stereocenters. The number of amides is 1. The van der Waals surface area contributed by atoms with Gasteiger partial charge in [-0.15, -0.1) is 0 Å². The summed E-state index contributed by atoms with van der Waals surface area (Å²) in [6.45, 7) is 6.81. The third kappa shape index (κ3) is 3.04. The maximum absolute atomic E-state index is 12.5. The monoisotopic (exact) mass is 331 g/mol. The van der Waals surface area contributed by atoms with Crippen LogP contribution >= 0.6 is 0 Å². The van der Waals surface area contributed by atoms with Crippen molar-refractivity contribution in [2.45, 2.75) is 39.7 Å². The molecule has 24 heavy (non-hydrogen) atoms. The summed E-state index contributed by atoms with van der Waals surface area (Å²) in [6.07, 6.45) is 0.830. The summed E-state index contributed by atoms with van der Waals surface area (Å²) < 4.78 is 1.97. The summed E-state index contributed by atoms with van der Waals surface area (Å²) in [5, 5.41) is 4.49. The van der Waals surface area contributed by atoms with E-state index in [9.17, 15) is 14.4 Å². The molecule has 2 aromatic rings. The van der Waals surface area contributed by atoms with Crippen LogP contribution in [0.25, 0.3) is 0 Å². The lowest BCUT2D eigenvalue weighted by molar-refractivity contribution is -0.129. The van der Waals surface area contributed by atoms with Crippen molar-refractivity contribution in [2.24, 2.45) is 0 Å². The molecule has 3 rings (SSSR count). The molecule has 2 N–H and O–H groups in total. The molecule has 1 aliphatic heterocycles. The van der Waals surface area contributed by atoms with Gasteiger partial charge in [-0.2, -0.15) is 5.10 Å². The van der Waals surface area contributed by atoms with Crippen LogP contribution in [0.15, 0.2) is 15.7 Å². The Morgan fingerprint density at radius 3 is 2.67 bits per heavy atom. The second kappa shape index (κ2) is 6.10. The van der Waals surface area contributed by atoms with Gasteiger partial charge >= 0.3 is 5.69 Å². The maximum Gasteiger partial charge on any atom is 0.325 e. The van der Waals surface area contributed by atoms with E-state index in [4.69, 9.17) is 0 Å². The van der Waals surface area contributed by atoms with Crippen molar-refractivity contribution in [1.29, 1.82) is 0 Å². The summed E-state index contributed by atoms with van der Waals surface area (Å²) in [4.78, 5) is 42.1. The zero-order chi connectivity index (χ0) is 17.4. The normalized spacial score (nSPS) is 17.5. The second-order valence-electron chi connectivity index (χ2n) is 6.34. The average molecular weight is 331 g/mol. The van der Waals surface area contributed by atoms with Crippen molar-refractivity contribution in [3.05, 3.63) is 49.5 Å². The van der Waals surface area contributed by atoms with Crippen LogP contribution in [-0.2, 0) is 11.2 Å².